The third-order valence-corrected chi connectivity index (χ3v) is 5.70. The van der Waals surface area contributed by atoms with Crippen LogP contribution in [0, 0.1) is 5.82 Å². The maximum absolute atomic E-state index is 14.5. The number of carbonyl (C=O) groups is 1. The van der Waals surface area contributed by atoms with Gasteiger partial charge in [-0.25, -0.2) is 19.2 Å². The molecule has 1 saturated heterocycles. The van der Waals surface area contributed by atoms with Crippen LogP contribution in [0.25, 0.3) is 10.9 Å². The second kappa shape index (κ2) is 9.29. The highest BCUT2D eigenvalue weighted by Gasteiger charge is 2.29. The van der Waals surface area contributed by atoms with Gasteiger partial charge < -0.3 is 19.1 Å². The van der Waals surface area contributed by atoms with Gasteiger partial charge in [-0.05, 0) is 50.6 Å². The molecule has 2 aromatic carbocycles. The van der Waals surface area contributed by atoms with Gasteiger partial charge in [0.05, 0.1) is 34.1 Å². The minimum atomic E-state index is -0.782. The number of nitrogens with zero attached hydrogens (tertiary/aromatic N) is 3. The van der Waals surface area contributed by atoms with Crippen LogP contribution in [0.1, 0.15) is 32.4 Å². The molecule has 2 heterocycles. The Morgan fingerprint density at radius 2 is 2.00 bits per heavy atom. The largest absolute Gasteiger partial charge is 0.444 e. The average molecular weight is 494 g/mol. The number of hydrogen-bond donors (Lipinski definition) is 0. The van der Waals surface area contributed by atoms with Gasteiger partial charge >= 0.3 is 6.09 Å². The molecule has 0 spiro atoms. The monoisotopic (exact) mass is 493 g/mol. The van der Waals surface area contributed by atoms with Crippen LogP contribution in [0.5, 0.6) is 11.6 Å². The van der Waals surface area contributed by atoms with Crippen LogP contribution >= 0.6 is 23.2 Å². The predicted molar refractivity (Wildman–Crippen MR) is 123 cm³/mol. The Kier molecular flexibility index (Phi) is 6.61. The van der Waals surface area contributed by atoms with Crippen LogP contribution in [0.15, 0.2) is 36.7 Å². The molecule has 0 bridgehead atoms. The fourth-order valence-electron chi connectivity index (χ4n) is 3.37. The summed E-state index contributed by atoms with van der Waals surface area (Å²) in [5.74, 6) is -0.741. The van der Waals surface area contributed by atoms with Crippen LogP contribution in [0.4, 0.5) is 9.18 Å². The van der Waals surface area contributed by atoms with Gasteiger partial charge in [0.25, 0.3) is 0 Å². The molecule has 1 atom stereocenters. The lowest BCUT2D eigenvalue weighted by molar-refractivity contribution is -0.0432. The molecule has 0 aliphatic carbocycles. The molecule has 3 aromatic rings. The van der Waals surface area contributed by atoms with Crippen molar-refractivity contribution >= 4 is 40.2 Å². The molecule has 10 heteroatoms. The Morgan fingerprint density at radius 3 is 2.76 bits per heavy atom. The average Bonchev–Trinajstić information content (AvgIpc) is 2.78. The number of ether oxygens (including phenoxy) is 3. The van der Waals surface area contributed by atoms with E-state index < -0.39 is 11.4 Å². The molecule has 1 aliphatic rings. The molecule has 4 rings (SSSR count). The van der Waals surface area contributed by atoms with E-state index in [-0.39, 0.29) is 33.9 Å². The highest BCUT2D eigenvalue weighted by atomic mass is 35.5. The van der Waals surface area contributed by atoms with Gasteiger partial charge in [0.15, 0.2) is 11.6 Å². The van der Waals surface area contributed by atoms with Crippen LogP contribution in [-0.4, -0.2) is 46.3 Å². The summed E-state index contributed by atoms with van der Waals surface area (Å²) < 4.78 is 31.6. The van der Waals surface area contributed by atoms with Gasteiger partial charge in [0.1, 0.15) is 18.0 Å². The zero-order valence-corrected chi connectivity index (χ0v) is 19.8. The highest BCUT2D eigenvalue weighted by molar-refractivity contribution is 6.42. The second-order valence-corrected chi connectivity index (χ2v) is 9.30. The third-order valence-electron chi connectivity index (χ3n) is 4.92. The molecule has 1 aliphatic heterocycles. The van der Waals surface area contributed by atoms with Crippen molar-refractivity contribution in [1.29, 1.82) is 0 Å². The van der Waals surface area contributed by atoms with Gasteiger partial charge in [-0.1, -0.05) is 29.3 Å². The van der Waals surface area contributed by atoms with E-state index in [2.05, 4.69) is 9.97 Å². The second-order valence-electron chi connectivity index (χ2n) is 8.52. The van der Waals surface area contributed by atoms with E-state index in [0.717, 1.165) is 5.56 Å². The first-order valence-corrected chi connectivity index (χ1v) is 11.0. The Hall–Kier alpha value is -2.68. The van der Waals surface area contributed by atoms with E-state index in [0.29, 0.717) is 30.6 Å². The van der Waals surface area contributed by atoms with E-state index in [1.165, 1.54) is 18.5 Å². The number of aromatic nitrogens is 2. The standard InChI is InChI=1S/C23H22Cl2FN3O4/c1-23(2,3)33-22(30)29-8-9-31-18(11-29)13-4-6-16-14(10-13)21(28-12-27-16)32-17-7-5-15(24)19(25)20(17)26/h4-7,10,12,18H,8-9,11H2,1-3H3. The molecular weight excluding hydrogens is 472 g/mol. The van der Waals surface area contributed by atoms with Gasteiger partial charge in [0.2, 0.25) is 5.88 Å². The Morgan fingerprint density at radius 1 is 1.21 bits per heavy atom. The van der Waals surface area contributed by atoms with Crippen molar-refractivity contribution in [2.45, 2.75) is 32.5 Å². The van der Waals surface area contributed by atoms with Crippen LogP contribution in [-0.2, 0) is 9.47 Å². The van der Waals surface area contributed by atoms with Gasteiger partial charge in [0, 0.05) is 6.54 Å². The summed E-state index contributed by atoms with van der Waals surface area (Å²) in [5, 5.41) is 0.407. The highest BCUT2D eigenvalue weighted by Crippen LogP contribution is 2.36. The van der Waals surface area contributed by atoms with Crippen molar-refractivity contribution in [3.05, 3.63) is 58.1 Å². The summed E-state index contributed by atoms with van der Waals surface area (Å²) in [6.45, 7) is 6.60. The maximum atomic E-state index is 14.5. The minimum absolute atomic E-state index is 0.0836. The predicted octanol–water partition coefficient (Wildman–Crippen LogP) is 6.18. The maximum Gasteiger partial charge on any atom is 0.410 e. The first-order valence-electron chi connectivity index (χ1n) is 10.3. The van der Waals surface area contributed by atoms with Crippen molar-refractivity contribution in [2.75, 3.05) is 19.7 Å². The topological polar surface area (TPSA) is 73.8 Å². The van der Waals surface area contributed by atoms with Crippen molar-refractivity contribution in [3.63, 3.8) is 0 Å². The summed E-state index contributed by atoms with van der Waals surface area (Å²) in [6.07, 6.45) is 0.554. The molecule has 7 nitrogen and oxygen atoms in total. The van der Waals surface area contributed by atoms with E-state index in [9.17, 15) is 9.18 Å². The Balaban J connectivity index is 1.62. The van der Waals surface area contributed by atoms with Crippen LogP contribution in [0.3, 0.4) is 0 Å². The van der Waals surface area contributed by atoms with E-state index in [4.69, 9.17) is 37.4 Å². The number of morpholine rings is 1. The van der Waals surface area contributed by atoms with E-state index in [1.807, 2.05) is 32.9 Å². The lowest BCUT2D eigenvalue weighted by Crippen LogP contribution is -2.44. The summed E-state index contributed by atoms with van der Waals surface area (Å²) in [7, 11) is 0. The van der Waals surface area contributed by atoms with Crippen LogP contribution in [0.2, 0.25) is 10.0 Å². The molecule has 0 saturated carbocycles. The van der Waals surface area contributed by atoms with Crippen molar-refractivity contribution in [3.8, 4) is 11.6 Å². The lowest BCUT2D eigenvalue weighted by atomic mass is 10.1. The van der Waals surface area contributed by atoms with Crippen LogP contribution < -0.4 is 4.74 Å². The first-order chi connectivity index (χ1) is 15.6. The smallest absolute Gasteiger partial charge is 0.410 e. The SMILES string of the molecule is CC(C)(C)OC(=O)N1CCOC(c2ccc3ncnc(Oc4ccc(Cl)c(Cl)c4F)c3c2)C1. The van der Waals surface area contributed by atoms with Gasteiger partial charge in [-0.3, -0.25) is 0 Å². The number of amides is 1. The normalized spacial score (nSPS) is 16.7. The first kappa shape index (κ1) is 23.5. The molecule has 1 fully saturated rings. The fourth-order valence-corrected chi connectivity index (χ4v) is 3.67. The zero-order chi connectivity index (χ0) is 23.8. The molecule has 1 aromatic heterocycles. The number of carbonyl (C=O) groups excluding carboxylic acids is 1. The number of halogens is 3. The molecular formula is C23H22Cl2FN3O4. The number of benzene rings is 2. The van der Waals surface area contributed by atoms with Crippen molar-refractivity contribution < 1.29 is 23.4 Å². The zero-order valence-electron chi connectivity index (χ0n) is 18.3. The van der Waals surface area contributed by atoms with Gasteiger partial charge in [-0.15, -0.1) is 0 Å². The number of fused-ring (bicyclic) bond motifs is 1. The Labute approximate surface area is 200 Å². The Bertz CT molecular complexity index is 1200. The summed E-state index contributed by atoms with van der Waals surface area (Å²) in [6, 6.07) is 8.29. The number of hydrogen-bond acceptors (Lipinski definition) is 6. The molecule has 1 amide bonds. The van der Waals surface area contributed by atoms with E-state index in [1.54, 1.807) is 11.0 Å². The van der Waals surface area contributed by atoms with Crippen molar-refractivity contribution in [1.82, 2.24) is 14.9 Å². The molecule has 33 heavy (non-hydrogen) atoms. The summed E-state index contributed by atoms with van der Waals surface area (Å²) in [5.41, 5.74) is 0.811. The minimum Gasteiger partial charge on any atom is -0.444 e. The quantitative estimate of drug-likeness (QED) is 0.405. The summed E-state index contributed by atoms with van der Waals surface area (Å²) in [4.78, 5) is 22.5. The third kappa shape index (κ3) is 5.29. The summed E-state index contributed by atoms with van der Waals surface area (Å²) >= 11 is 11.8. The van der Waals surface area contributed by atoms with Crippen molar-refractivity contribution in [2.24, 2.45) is 0 Å². The molecule has 0 radical (unpaired) electrons. The molecule has 174 valence electrons. The number of rotatable bonds is 3. The van der Waals surface area contributed by atoms with E-state index >= 15 is 0 Å². The molecule has 1 unspecified atom stereocenters. The molecule has 0 N–H and O–H groups in total. The lowest BCUT2D eigenvalue weighted by Gasteiger charge is -2.34. The fraction of sp³-hybridized carbons (Fsp3) is 0.348. The van der Waals surface area contributed by atoms with Gasteiger partial charge in [-0.2, -0.15) is 0 Å².